The van der Waals surface area contributed by atoms with Crippen LogP contribution in [0.15, 0.2) is 46.2 Å². The highest BCUT2D eigenvalue weighted by atomic mass is 32.2. The average Bonchev–Trinajstić information content (AvgIpc) is 2.37. The van der Waals surface area contributed by atoms with Gasteiger partial charge >= 0.3 is 0 Å². The molecule has 0 amide bonds. The Labute approximate surface area is 113 Å². The minimum absolute atomic E-state index is 0.312. The van der Waals surface area contributed by atoms with E-state index in [2.05, 4.69) is 50.3 Å². The Bertz CT molecular complexity index is 335. The van der Waals surface area contributed by atoms with Crippen molar-refractivity contribution in [2.24, 2.45) is 5.73 Å². The molecule has 1 unspecified atom stereocenters. The van der Waals surface area contributed by atoms with Gasteiger partial charge in [0.25, 0.3) is 0 Å². The molecule has 0 aromatic heterocycles. The van der Waals surface area contributed by atoms with Crippen LogP contribution in [0.1, 0.15) is 26.7 Å². The molecule has 0 heterocycles. The van der Waals surface area contributed by atoms with Gasteiger partial charge in [-0.15, -0.1) is 23.5 Å². The highest BCUT2D eigenvalue weighted by Gasteiger charge is 1.98. The number of nitrogens with two attached hydrogens (primary N) is 1. The van der Waals surface area contributed by atoms with Crippen molar-refractivity contribution >= 4 is 23.5 Å². The van der Waals surface area contributed by atoms with Gasteiger partial charge in [0.2, 0.25) is 0 Å². The molecule has 94 valence electrons. The van der Waals surface area contributed by atoms with E-state index in [9.17, 15) is 0 Å². The van der Waals surface area contributed by atoms with Crippen LogP contribution in [0.3, 0.4) is 0 Å². The van der Waals surface area contributed by atoms with Crippen molar-refractivity contribution in [3.63, 3.8) is 0 Å². The summed E-state index contributed by atoms with van der Waals surface area (Å²) in [7, 11) is 0. The Morgan fingerprint density at radius 3 is 2.71 bits per heavy atom. The maximum absolute atomic E-state index is 5.88. The Kier molecular flexibility index (Phi) is 7.49. The lowest BCUT2D eigenvalue weighted by Gasteiger charge is -2.06. The Morgan fingerprint density at radius 2 is 2.06 bits per heavy atom. The van der Waals surface area contributed by atoms with Crippen LogP contribution in [-0.4, -0.2) is 11.1 Å². The summed E-state index contributed by atoms with van der Waals surface area (Å²) in [6.45, 7) is 4.30. The van der Waals surface area contributed by atoms with Crippen molar-refractivity contribution in [3.05, 3.63) is 41.3 Å². The first-order chi connectivity index (χ1) is 8.22. The molecule has 0 fully saturated rings. The van der Waals surface area contributed by atoms with E-state index in [1.54, 1.807) is 0 Å². The predicted molar refractivity (Wildman–Crippen MR) is 81.4 cm³/mol. The highest BCUT2D eigenvalue weighted by Crippen LogP contribution is 2.26. The first-order valence-electron chi connectivity index (χ1n) is 5.95. The number of hydrogen-bond donors (Lipinski definition) is 1. The molecule has 1 atom stereocenters. The zero-order valence-corrected chi connectivity index (χ0v) is 12.2. The SMILES string of the molecule is CCC(N)C/C=C(\C)SCSc1ccccc1. The van der Waals surface area contributed by atoms with Gasteiger partial charge in [0, 0.05) is 16.0 Å². The Morgan fingerprint density at radius 1 is 1.35 bits per heavy atom. The lowest BCUT2D eigenvalue weighted by molar-refractivity contribution is 0.659. The number of thioether (sulfide) groups is 2. The molecule has 3 heteroatoms. The van der Waals surface area contributed by atoms with Crippen molar-refractivity contribution in [1.82, 2.24) is 0 Å². The van der Waals surface area contributed by atoms with E-state index in [1.165, 1.54) is 9.80 Å². The van der Waals surface area contributed by atoms with Crippen LogP contribution in [0, 0.1) is 0 Å². The summed E-state index contributed by atoms with van der Waals surface area (Å²) in [5.41, 5.74) is 5.88. The lowest BCUT2D eigenvalue weighted by atomic mass is 10.2. The second kappa shape index (κ2) is 8.67. The topological polar surface area (TPSA) is 26.0 Å². The van der Waals surface area contributed by atoms with Crippen molar-refractivity contribution in [3.8, 4) is 0 Å². The maximum Gasteiger partial charge on any atom is 0.0483 e. The average molecular weight is 267 g/mol. The zero-order chi connectivity index (χ0) is 12.5. The van der Waals surface area contributed by atoms with Crippen LogP contribution in [0.5, 0.6) is 0 Å². The molecule has 0 aliphatic carbocycles. The molecule has 1 aromatic rings. The standard InChI is InChI=1S/C14H21NS2/c1-3-13(15)10-9-12(2)16-11-17-14-7-5-4-6-8-14/h4-9,13H,3,10-11,15H2,1-2H3/b12-9+. The van der Waals surface area contributed by atoms with Gasteiger partial charge in [-0.2, -0.15) is 0 Å². The molecule has 0 aliphatic rings. The molecule has 1 aromatic carbocycles. The van der Waals surface area contributed by atoms with Crippen molar-refractivity contribution in [2.75, 3.05) is 5.08 Å². The van der Waals surface area contributed by atoms with E-state index >= 15 is 0 Å². The van der Waals surface area contributed by atoms with E-state index in [0.717, 1.165) is 17.9 Å². The summed E-state index contributed by atoms with van der Waals surface area (Å²) < 4.78 is 0. The van der Waals surface area contributed by atoms with Crippen LogP contribution in [-0.2, 0) is 0 Å². The molecule has 0 saturated carbocycles. The van der Waals surface area contributed by atoms with Crippen LogP contribution >= 0.6 is 23.5 Å². The van der Waals surface area contributed by atoms with Gasteiger partial charge < -0.3 is 5.73 Å². The largest absolute Gasteiger partial charge is 0.327 e. The van der Waals surface area contributed by atoms with E-state index in [4.69, 9.17) is 5.73 Å². The molecule has 0 spiro atoms. The first kappa shape index (κ1) is 14.7. The summed E-state index contributed by atoms with van der Waals surface area (Å²) in [5, 5.41) is 1.06. The van der Waals surface area contributed by atoms with Gasteiger partial charge in [-0.25, -0.2) is 0 Å². The molecule has 0 saturated heterocycles. The summed E-state index contributed by atoms with van der Waals surface area (Å²) in [4.78, 5) is 2.70. The number of hydrogen-bond acceptors (Lipinski definition) is 3. The molecule has 1 nitrogen and oxygen atoms in total. The fourth-order valence-corrected chi connectivity index (χ4v) is 3.34. The van der Waals surface area contributed by atoms with Gasteiger partial charge in [0.1, 0.15) is 0 Å². The third-order valence-electron chi connectivity index (χ3n) is 2.49. The summed E-state index contributed by atoms with van der Waals surface area (Å²) >= 11 is 3.77. The molecule has 1 rings (SSSR count). The summed E-state index contributed by atoms with van der Waals surface area (Å²) in [6, 6.07) is 10.8. The Hall–Kier alpha value is -0.380. The van der Waals surface area contributed by atoms with Crippen molar-refractivity contribution in [1.29, 1.82) is 0 Å². The molecular formula is C14H21NS2. The fraction of sp³-hybridized carbons (Fsp3) is 0.429. The van der Waals surface area contributed by atoms with Crippen LogP contribution in [0.4, 0.5) is 0 Å². The van der Waals surface area contributed by atoms with Gasteiger partial charge in [-0.3, -0.25) is 0 Å². The quantitative estimate of drug-likeness (QED) is 0.582. The molecule has 0 aliphatic heterocycles. The second-order valence-electron chi connectivity index (χ2n) is 3.94. The normalized spacial score (nSPS) is 13.7. The monoisotopic (exact) mass is 267 g/mol. The Balaban J connectivity index is 2.22. The third-order valence-corrected chi connectivity index (χ3v) is 4.66. The number of allylic oxidation sites excluding steroid dienone is 1. The van der Waals surface area contributed by atoms with Crippen molar-refractivity contribution in [2.45, 2.75) is 37.6 Å². The minimum Gasteiger partial charge on any atom is -0.327 e. The van der Waals surface area contributed by atoms with E-state index < -0.39 is 0 Å². The first-order valence-corrected chi connectivity index (χ1v) is 7.92. The van der Waals surface area contributed by atoms with Crippen molar-refractivity contribution < 1.29 is 0 Å². The van der Waals surface area contributed by atoms with Crippen LogP contribution < -0.4 is 5.73 Å². The van der Waals surface area contributed by atoms with E-state index in [1.807, 2.05) is 23.5 Å². The van der Waals surface area contributed by atoms with Gasteiger partial charge in [0.05, 0.1) is 0 Å². The van der Waals surface area contributed by atoms with Crippen LogP contribution in [0.25, 0.3) is 0 Å². The summed E-state index contributed by atoms with van der Waals surface area (Å²) in [5.74, 6) is 0. The van der Waals surface area contributed by atoms with Gasteiger partial charge in [-0.05, 0) is 36.8 Å². The van der Waals surface area contributed by atoms with Gasteiger partial charge in [0.15, 0.2) is 0 Å². The summed E-state index contributed by atoms with van der Waals surface area (Å²) in [6.07, 6.45) is 4.29. The zero-order valence-electron chi connectivity index (χ0n) is 10.6. The minimum atomic E-state index is 0.312. The molecule has 0 bridgehead atoms. The number of benzene rings is 1. The molecule has 2 N–H and O–H groups in total. The maximum atomic E-state index is 5.88. The fourth-order valence-electron chi connectivity index (χ4n) is 1.25. The second-order valence-corrected chi connectivity index (χ2v) is 6.57. The smallest absolute Gasteiger partial charge is 0.0483 e. The number of rotatable bonds is 7. The molecule has 17 heavy (non-hydrogen) atoms. The van der Waals surface area contributed by atoms with Crippen LogP contribution in [0.2, 0.25) is 0 Å². The molecular weight excluding hydrogens is 246 g/mol. The van der Waals surface area contributed by atoms with E-state index in [0.29, 0.717) is 6.04 Å². The molecule has 0 radical (unpaired) electrons. The third kappa shape index (κ3) is 6.81. The predicted octanol–water partition coefficient (Wildman–Crippen LogP) is 4.50. The highest BCUT2D eigenvalue weighted by molar-refractivity contribution is 8.17. The van der Waals surface area contributed by atoms with E-state index in [-0.39, 0.29) is 0 Å². The van der Waals surface area contributed by atoms with Gasteiger partial charge in [-0.1, -0.05) is 31.2 Å². The lowest BCUT2D eigenvalue weighted by Crippen LogP contribution is -2.16.